The Balaban J connectivity index is 1.58. The molecule has 0 spiro atoms. The zero-order valence-corrected chi connectivity index (χ0v) is 20.1. The quantitative estimate of drug-likeness (QED) is 0.684. The van der Waals surface area contributed by atoms with Crippen molar-refractivity contribution in [2.45, 2.75) is 57.7 Å². The zero-order chi connectivity index (χ0) is 23.9. The van der Waals surface area contributed by atoms with Gasteiger partial charge < -0.3 is 16.0 Å². The second-order valence-electron chi connectivity index (χ2n) is 8.81. The monoisotopic (exact) mass is 491 g/mol. The summed E-state index contributed by atoms with van der Waals surface area (Å²) in [4.78, 5) is 44.7. The SMILES string of the molecule is CNC(=O)C1CCC(n2c(N)nc3c(c2=O)C[C@@H](C)N(C(=O)c2ccc(Cl)c(Cl)c2)C3)CC1. The van der Waals surface area contributed by atoms with E-state index in [0.717, 1.165) is 0 Å². The van der Waals surface area contributed by atoms with E-state index in [1.165, 1.54) is 0 Å². The molecule has 2 aliphatic rings. The van der Waals surface area contributed by atoms with E-state index in [2.05, 4.69) is 10.3 Å². The third kappa shape index (κ3) is 4.46. The van der Waals surface area contributed by atoms with Gasteiger partial charge in [0.05, 0.1) is 22.3 Å². The van der Waals surface area contributed by atoms with E-state index in [4.69, 9.17) is 28.9 Å². The number of carbonyl (C=O) groups excluding carboxylic acids is 2. The summed E-state index contributed by atoms with van der Waals surface area (Å²) >= 11 is 12.1. The number of benzene rings is 1. The lowest BCUT2D eigenvalue weighted by Crippen LogP contribution is -2.46. The summed E-state index contributed by atoms with van der Waals surface area (Å²) in [5.41, 5.74) is 7.65. The Bertz CT molecular complexity index is 1160. The summed E-state index contributed by atoms with van der Waals surface area (Å²) < 4.78 is 1.59. The van der Waals surface area contributed by atoms with E-state index in [9.17, 15) is 14.4 Å². The van der Waals surface area contributed by atoms with E-state index < -0.39 is 0 Å². The number of carbonyl (C=O) groups is 2. The maximum atomic E-state index is 13.4. The number of nitrogens with two attached hydrogens (primary N) is 1. The van der Waals surface area contributed by atoms with E-state index >= 15 is 0 Å². The number of nitrogens with zero attached hydrogens (tertiary/aromatic N) is 3. The van der Waals surface area contributed by atoms with E-state index in [1.807, 2.05) is 6.92 Å². The first kappa shape index (κ1) is 23.6. The van der Waals surface area contributed by atoms with E-state index in [-0.39, 0.29) is 47.9 Å². The van der Waals surface area contributed by atoms with Crippen molar-refractivity contribution in [2.75, 3.05) is 12.8 Å². The number of anilines is 1. The normalized spacial score (nSPS) is 22.5. The largest absolute Gasteiger partial charge is 0.369 e. The van der Waals surface area contributed by atoms with Crippen LogP contribution < -0.4 is 16.6 Å². The summed E-state index contributed by atoms with van der Waals surface area (Å²) in [5, 5.41) is 3.39. The maximum Gasteiger partial charge on any atom is 0.258 e. The molecule has 8 nitrogen and oxygen atoms in total. The van der Waals surface area contributed by atoms with Crippen molar-refractivity contribution in [3.05, 3.63) is 55.4 Å². The second-order valence-corrected chi connectivity index (χ2v) is 9.62. The molecule has 0 radical (unpaired) electrons. The molecule has 0 bridgehead atoms. The topological polar surface area (TPSA) is 110 Å². The lowest BCUT2D eigenvalue weighted by Gasteiger charge is -2.35. The number of fused-ring (bicyclic) bond motifs is 1. The average Bonchev–Trinajstić information content (AvgIpc) is 2.80. The van der Waals surface area contributed by atoms with Crippen LogP contribution in [0.3, 0.4) is 0 Å². The highest BCUT2D eigenvalue weighted by Crippen LogP contribution is 2.33. The molecule has 176 valence electrons. The van der Waals surface area contributed by atoms with Gasteiger partial charge in [0.15, 0.2) is 0 Å². The Morgan fingerprint density at radius 3 is 2.48 bits per heavy atom. The van der Waals surface area contributed by atoms with Crippen LogP contribution in [0.25, 0.3) is 0 Å². The molecule has 1 fully saturated rings. The van der Waals surface area contributed by atoms with Gasteiger partial charge >= 0.3 is 0 Å². The van der Waals surface area contributed by atoms with Crippen LogP contribution in [0.5, 0.6) is 0 Å². The molecule has 1 saturated carbocycles. The minimum absolute atomic E-state index is 0.0327. The van der Waals surface area contributed by atoms with Crippen molar-refractivity contribution in [1.29, 1.82) is 0 Å². The molecule has 2 aromatic rings. The number of hydrogen-bond donors (Lipinski definition) is 2. The van der Waals surface area contributed by atoms with Crippen LogP contribution in [-0.4, -0.2) is 39.4 Å². The summed E-state index contributed by atoms with van der Waals surface area (Å²) in [6, 6.07) is 4.49. The fourth-order valence-corrected chi connectivity index (χ4v) is 5.21. The molecule has 10 heteroatoms. The Labute approximate surface area is 202 Å². The van der Waals surface area contributed by atoms with Crippen molar-refractivity contribution < 1.29 is 9.59 Å². The fourth-order valence-electron chi connectivity index (χ4n) is 4.91. The van der Waals surface area contributed by atoms with Crippen LogP contribution >= 0.6 is 23.2 Å². The molecule has 1 aliphatic carbocycles. The Morgan fingerprint density at radius 2 is 1.85 bits per heavy atom. The van der Waals surface area contributed by atoms with Crippen LogP contribution in [0.4, 0.5) is 5.95 Å². The highest BCUT2D eigenvalue weighted by atomic mass is 35.5. The molecule has 33 heavy (non-hydrogen) atoms. The van der Waals surface area contributed by atoms with Gasteiger partial charge in [-0.05, 0) is 57.2 Å². The Kier molecular flexibility index (Phi) is 6.68. The van der Waals surface area contributed by atoms with Crippen LogP contribution in [0.1, 0.15) is 60.3 Å². The van der Waals surface area contributed by atoms with Crippen LogP contribution in [0.15, 0.2) is 23.0 Å². The molecular formula is C23H27Cl2N5O3. The first-order valence-corrected chi connectivity index (χ1v) is 11.8. The molecule has 3 N–H and O–H groups in total. The van der Waals surface area contributed by atoms with Crippen molar-refractivity contribution in [1.82, 2.24) is 19.8 Å². The number of rotatable bonds is 3. The molecule has 1 atom stereocenters. The van der Waals surface area contributed by atoms with E-state index in [1.54, 1.807) is 34.7 Å². The van der Waals surface area contributed by atoms with Gasteiger partial charge in [-0.3, -0.25) is 19.0 Å². The van der Waals surface area contributed by atoms with Gasteiger partial charge in [-0.15, -0.1) is 0 Å². The fraction of sp³-hybridized carbons (Fsp3) is 0.478. The first-order chi connectivity index (χ1) is 15.7. The smallest absolute Gasteiger partial charge is 0.258 e. The second kappa shape index (κ2) is 9.35. The number of aromatic nitrogens is 2. The molecular weight excluding hydrogens is 465 g/mol. The van der Waals surface area contributed by atoms with Crippen molar-refractivity contribution in [3.8, 4) is 0 Å². The van der Waals surface area contributed by atoms with E-state index in [0.29, 0.717) is 59.0 Å². The standard InChI is InChI=1S/C23H27Cl2N5O3/c1-12-9-16-19(11-29(12)21(32)14-5-8-17(24)18(25)10-14)28-23(26)30(22(16)33)15-6-3-13(4-7-15)20(31)27-2/h5,8,10,12-13,15H,3-4,6-7,9,11H2,1-2H3,(H2,26,28)(H,27,31)/t12-,13?,15?/m1/s1. The lowest BCUT2D eigenvalue weighted by molar-refractivity contribution is -0.125. The van der Waals surface area contributed by atoms with Crippen molar-refractivity contribution >= 4 is 41.0 Å². The van der Waals surface area contributed by atoms with Crippen LogP contribution in [0.2, 0.25) is 10.0 Å². The summed E-state index contributed by atoms with van der Waals surface area (Å²) in [6.07, 6.45) is 3.19. The van der Waals surface area contributed by atoms with Gasteiger partial charge in [-0.1, -0.05) is 23.2 Å². The number of amides is 2. The first-order valence-electron chi connectivity index (χ1n) is 11.1. The number of nitrogen functional groups attached to an aromatic ring is 1. The lowest BCUT2D eigenvalue weighted by atomic mass is 9.85. The van der Waals surface area contributed by atoms with Crippen molar-refractivity contribution in [3.63, 3.8) is 0 Å². The molecule has 0 saturated heterocycles. The summed E-state index contributed by atoms with van der Waals surface area (Å²) in [5.74, 6) is -0.0463. The molecule has 2 heterocycles. The maximum absolute atomic E-state index is 13.4. The van der Waals surface area contributed by atoms with Gasteiger partial charge in [0, 0.05) is 36.2 Å². The third-order valence-corrected chi connectivity index (χ3v) is 7.52. The predicted molar refractivity (Wildman–Crippen MR) is 127 cm³/mol. The van der Waals surface area contributed by atoms with Gasteiger partial charge in [0.25, 0.3) is 11.5 Å². The van der Waals surface area contributed by atoms with Crippen molar-refractivity contribution in [2.24, 2.45) is 5.92 Å². The van der Waals surface area contributed by atoms with Crippen LogP contribution in [-0.2, 0) is 17.8 Å². The Morgan fingerprint density at radius 1 is 1.15 bits per heavy atom. The minimum Gasteiger partial charge on any atom is -0.369 e. The minimum atomic E-state index is -0.205. The molecule has 4 rings (SSSR count). The highest BCUT2D eigenvalue weighted by molar-refractivity contribution is 6.42. The molecule has 2 amide bonds. The zero-order valence-electron chi connectivity index (χ0n) is 18.6. The Hall–Kier alpha value is -2.58. The summed E-state index contributed by atoms with van der Waals surface area (Å²) in [6.45, 7) is 2.10. The highest BCUT2D eigenvalue weighted by Gasteiger charge is 2.34. The molecule has 1 aromatic carbocycles. The predicted octanol–water partition coefficient (Wildman–Crippen LogP) is 3.20. The molecule has 1 aliphatic heterocycles. The van der Waals surface area contributed by atoms with Gasteiger partial charge in [-0.2, -0.15) is 0 Å². The third-order valence-electron chi connectivity index (χ3n) is 6.78. The van der Waals surface area contributed by atoms with Gasteiger partial charge in [-0.25, -0.2) is 4.98 Å². The average molecular weight is 492 g/mol. The molecule has 1 aromatic heterocycles. The van der Waals surface area contributed by atoms with Gasteiger partial charge in [0.2, 0.25) is 11.9 Å². The molecule has 0 unspecified atom stereocenters. The number of hydrogen-bond acceptors (Lipinski definition) is 5. The number of nitrogens with one attached hydrogen (secondary N) is 1. The summed E-state index contributed by atoms with van der Waals surface area (Å²) in [7, 11) is 1.64. The van der Waals surface area contributed by atoms with Crippen LogP contribution in [0, 0.1) is 5.92 Å². The number of halogens is 2. The van der Waals surface area contributed by atoms with Gasteiger partial charge in [0.1, 0.15) is 0 Å².